The fourth-order valence-electron chi connectivity index (χ4n) is 7.84. The van der Waals surface area contributed by atoms with Crippen molar-refractivity contribution in [3.05, 3.63) is 164 Å². The van der Waals surface area contributed by atoms with Gasteiger partial charge in [0.1, 0.15) is 5.58 Å². The topological polar surface area (TPSA) is 16.4 Å². The summed E-state index contributed by atoms with van der Waals surface area (Å²) in [6.07, 6.45) is 0. The summed E-state index contributed by atoms with van der Waals surface area (Å²) in [5.41, 5.74) is 7.51. The first-order valence-electron chi connectivity index (χ1n) is 16.8. The molecule has 50 heavy (non-hydrogen) atoms. The molecule has 8 aromatic carbocycles. The van der Waals surface area contributed by atoms with Gasteiger partial charge in [0.2, 0.25) is 0 Å². The molecule has 0 fully saturated rings. The third kappa shape index (κ3) is 4.07. The van der Waals surface area contributed by atoms with Gasteiger partial charge in [-0.15, -0.1) is 22.7 Å². The summed E-state index contributed by atoms with van der Waals surface area (Å²) in [6, 6.07) is 59.4. The zero-order valence-corrected chi connectivity index (χ0v) is 28.4. The summed E-state index contributed by atoms with van der Waals surface area (Å²) in [6.45, 7) is 0. The van der Waals surface area contributed by atoms with E-state index in [-0.39, 0.29) is 0 Å². The van der Waals surface area contributed by atoms with Gasteiger partial charge >= 0.3 is 0 Å². The molecule has 0 unspecified atom stereocenters. The van der Waals surface area contributed by atoms with E-state index in [4.69, 9.17) is 4.42 Å². The molecule has 4 heteroatoms. The van der Waals surface area contributed by atoms with Crippen LogP contribution in [0.1, 0.15) is 0 Å². The van der Waals surface area contributed by atoms with Crippen molar-refractivity contribution in [2.45, 2.75) is 0 Å². The van der Waals surface area contributed by atoms with Crippen molar-refractivity contribution in [3.8, 4) is 11.1 Å². The van der Waals surface area contributed by atoms with Gasteiger partial charge in [-0.25, -0.2) is 0 Å². The minimum atomic E-state index is 0.883. The Morgan fingerprint density at radius 3 is 1.76 bits per heavy atom. The van der Waals surface area contributed by atoms with Crippen LogP contribution in [0.15, 0.2) is 168 Å². The van der Waals surface area contributed by atoms with Crippen molar-refractivity contribution in [1.82, 2.24) is 0 Å². The minimum Gasteiger partial charge on any atom is -0.453 e. The van der Waals surface area contributed by atoms with Crippen LogP contribution in [0, 0.1) is 0 Å². The molecule has 0 saturated carbocycles. The minimum absolute atomic E-state index is 0.883. The van der Waals surface area contributed by atoms with Gasteiger partial charge < -0.3 is 9.32 Å². The Morgan fingerprint density at radius 1 is 0.380 bits per heavy atom. The SMILES string of the molecule is c1ccc2c(c1)ccc1c3cccc(N(c4ccc(-c5cccc6sc7ccccc7c56)cc4)c4cccc5sc6ccccc6c45)c3oc21. The lowest BCUT2D eigenvalue weighted by Gasteiger charge is -2.26. The Bertz CT molecular complexity index is 3110. The number of benzene rings is 8. The number of nitrogens with zero attached hydrogens (tertiary/aromatic N) is 1. The smallest absolute Gasteiger partial charge is 0.159 e. The third-order valence-corrected chi connectivity index (χ3v) is 12.3. The zero-order valence-electron chi connectivity index (χ0n) is 26.8. The summed E-state index contributed by atoms with van der Waals surface area (Å²) in [5, 5.41) is 9.71. The Labute approximate surface area is 295 Å². The average Bonchev–Trinajstić information content (AvgIpc) is 3.87. The maximum absolute atomic E-state index is 6.94. The quantitative estimate of drug-likeness (QED) is 0.185. The first-order valence-corrected chi connectivity index (χ1v) is 18.5. The normalized spacial score (nSPS) is 12.0. The highest BCUT2D eigenvalue weighted by Gasteiger charge is 2.23. The molecule has 0 bridgehead atoms. The van der Waals surface area contributed by atoms with E-state index in [1.54, 1.807) is 0 Å². The van der Waals surface area contributed by atoms with Crippen LogP contribution in [0.25, 0.3) is 84.2 Å². The summed E-state index contributed by atoms with van der Waals surface area (Å²) in [5.74, 6) is 0. The van der Waals surface area contributed by atoms with Gasteiger partial charge in [-0.2, -0.15) is 0 Å². The Hall–Kier alpha value is -5.94. The number of anilines is 3. The van der Waals surface area contributed by atoms with Crippen LogP contribution in [-0.4, -0.2) is 0 Å². The van der Waals surface area contributed by atoms with E-state index in [9.17, 15) is 0 Å². The standard InChI is InChI=1S/C46H27NOS2/c1-2-11-32-28(10-1)24-27-34-33-15-7-17-38(46(33)48-45(32)34)47(37-16-9-21-42-44(37)36-13-4-6-19-40(36)50-42)30-25-22-29(23-26-30)31-14-8-20-41-43(31)35-12-3-5-18-39(35)49-41/h1-27H. The highest BCUT2D eigenvalue weighted by Crippen LogP contribution is 2.48. The van der Waals surface area contributed by atoms with E-state index in [0.29, 0.717) is 0 Å². The average molecular weight is 674 g/mol. The molecule has 0 N–H and O–H groups in total. The number of fused-ring (bicyclic) bond motifs is 11. The molecule has 0 amide bonds. The number of thiophene rings is 2. The molecule has 0 aliphatic carbocycles. The fourth-order valence-corrected chi connectivity index (χ4v) is 10.1. The lowest BCUT2D eigenvalue weighted by atomic mass is 9.99. The van der Waals surface area contributed by atoms with Crippen molar-refractivity contribution in [1.29, 1.82) is 0 Å². The lowest BCUT2D eigenvalue weighted by molar-refractivity contribution is 0.673. The predicted octanol–water partition coefficient (Wildman–Crippen LogP) is 14.6. The molecular formula is C46H27NOS2. The number of furan rings is 1. The van der Waals surface area contributed by atoms with Crippen molar-refractivity contribution in [2.75, 3.05) is 4.90 Å². The van der Waals surface area contributed by atoms with Gasteiger partial charge in [0.25, 0.3) is 0 Å². The Kier molecular flexibility index (Phi) is 6.03. The molecule has 3 heterocycles. The van der Waals surface area contributed by atoms with Crippen LogP contribution in [0.4, 0.5) is 17.1 Å². The monoisotopic (exact) mass is 673 g/mol. The van der Waals surface area contributed by atoms with Crippen molar-refractivity contribution in [3.63, 3.8) is 0 Å². The van der Waals surface area contributed by atoms with Crippen LogP contribution in [0.2, 0.25) is 0 Å². The highest BCUT2D eigenvalue weighted by molar-refractivity contribution is 7.26. The third-order valence-electron chi connectivity index (χ3n) is 10.1. The van der Waals surface area contributed by atoms with E-state index in [0.717, 1.165) is 44.4 Å². The summed E-state index contributed by atoms with van der Waals surface area (Å²) in [7, 11) is 0. The van der Waals surface area contributed by atoms with E-state index in [1.807, 2.05) is 22.7 Å². The van der Waals surface area contributed by atoms with Gasteiger partial charge in [-0.1, -0.05) is 109 Å². The van der Waals surface area contributed by atoms with Gasteiger partial charge in [-0.05, 0) is 71.1 Å². The van der Waals surface area contributed by atoms with Crippen LogP contribution in [-0.2, 0) is 0 Å². The van der Waals surface area contributed by atoms with E-state index >= 15 is 0 Å². The second-order valence-corrected chi connectivity index (χ2v) is 15.0. The van der Waals surface area contributed by atoms with Crippen LogP contribution in [0.3, 0.4) is 0 Å². The van der Waals surface area contributed by atoms with Gasteiger partial charge in [0.15, 0.2) is 5.58 Å². The molecule has 234 valence electrons. The first kappa shape index (κ1) is 28.0. The summed E-state index contributed by atoms with van der Waals surface area (Å²) < 4.78 is 12.1. The molecule has 2 nitrogen and oxygen atoms in total. The van der Waals surface area contributed by atoms with Crippen LogP contribution < -0.4 is 4.90 Å². The number of rotatable bonds is 4. The molecule has 0 aliphatic rings. The van der Waals surface area contributed by atoms with Gasteiger partial charge in [-0.3, -0.25) is 0 Å². The number of hydrogen-bond donors (Lipinski definition) is 0. The van der Waals surface area contributed by atoms with Gasteiger partial charge in [0.05, 0.1) is 11.4 Å². The van der Waals surface area contributed by atoms with E-state index < -0.39 is 0 Å². The molecular weight excluding hydrogens is 647 g/mol. The second kappa shape index (κ2) is 10.8. The van der Waals surface area contributed by atoms with Crippen LogP contribution in [0.5, 0.6) is 0 Å². The van der Waals surface area contributed by atoms with Crippen LogP contribution >= 0.6 is 22.7 Å². The molecule has 3 aromatic heterocycles. The predicted molar refractivity (Wildman–Crippen MR) is 217 cm³/mol. The lowest BCUT2D eigenvalue weighted by Crippen LogP contribution is -2.10. The van der Waals surface area contributed by atoms with Crippen molar-refractivity contribution >= 4 is 113 Å². The molecule has 11 rings (SSSR count). The zero-order chi connectivity index (χ0) is 32.8. The molecule has 0 radical (unpaired) electrons. The largest absolute Gasteiger partial charge is 0.453 e. The maximum atomic E-state index is 6.94. The Balaban J connectivity index is 1.17. The van der Waals surface area contributed by atoms with Gasteiger partial charge in [0, 0.05) is 62.2 Å². The molecule has 0 spiro atoms. The molecule has 0 atom stereocenters. The molecule has 0 aliphatic heterocycles. The van der Waals surface area contributed by atoms with E-state index in [2.05, 4.69) is 169 Å². The Morgan fingerprint density at radius 2 is 0.960 bits per heavy atom. The summed E-state index contributed by atoms with van der Waals surface area (Å²) in [4.78, 5) is 2.40. The number of hydrogen-bond acceptors (Lipinski definition) is 4. The molecule has 0 saturated heterocycles. The number of para-hydroxylation sites is 1. The maximum Gasteiger partial charge on any atom is 0.159 e. The summed E-state index contributed by atoms with van der Waals surface area (Å²) >= 11 is 3.71. The van der Waals surface area contributed by atoms with Crippen molar-refractivity contribution < 1.29 is 4.42 Å². The second-order valence-electron chi connectivity index (χ2n) is 12.8. The fraction of sp³-hybridized carbons (Fsp3) is 0. The molecule has 11 aromatic rings. The van der Waals surface area contributed by atoms with Crippen molar-refractivity contribution in [2.24, 2.45) is 0 Å². The highest BCUT2D eigenvalue weighted by atomic mass is 32.1. The van der Waals surface area contributed by atoms with E-state index in [1.165, 1.54) is 56.9 Å². The first-order chi connectivity index (χ1) is 24.8.